The molecule has 1 unspecified atom stereocenters. The molecule has 9 rings (SSSR count). The number of rotatable bonds is 9. The van der Waals surface area contributed by atoms with E-state index in [0.717, 1.165) is 78.4 Å². The quantitative estimate of drug-likeness (QED) is 0.108. The smallest absolute Gasteiger partial charge is 0.308 e. The molecule has 7 aromatic rings. The molecular weight excluding hydrogens is 793 g/mol. The highest BCUT2D eigenvalue weighted by Crippen LogP contribution is 2.40. The van der Waals surface area contributed by atoms with Gasteiger partial charge in [-0.05, 0) is 91.8 Å². The van der Waals surface area contributed by atoms with Gasteiger partial charge in [-0.15, -0.1) is 21.5 Å². The summed E-state index contributed by atoms with van der Waals surface area (Å²) in [6, 6.07) is 27.2. The third kappa shape index (κ3) is 6.84. The van der Waals surface area contributed by atoms with Gasteiger partial charge in [0, 0.05) is 46.2 Å². The lowest BCUT2D eigenvalue weighted by Gasteiger charge is -2.29. The van der Waals surface area contributed by atoms with Crippen molar-refractivity contribution in [2.24, 2.45) is 4.99 Å². The van der Waals surface area contributed by atoms with Crippen LogP contribution in [0.3, 0.4) is 0 Å². The largest absolute Gasteiger partial charge is 0.588 e. The van der Waals surface area contributed by atoms with Crippen LogP contribution in [0.5, 0.6) is 0 Å². The second-order valence-electron chi connectivity index (χ2n) is 15.1. The number of methoxy groups -OCH3 is 1. The molecular formula is C46H40N8O4S2. The zero-order valence-corrected chi connectivity index (χ0v) is 35.3. The Balaban J connectivity index is 0.906. The van der Waals surface area contributed by atoms with Crippen molar-refractivity contribution in [1.29, 1.82) is 5.26 Å². The first-order valence-corrected chi connectivity index (χ1v) is 21.5. The van der Waals surface area contributed by atoms with Crippen molar-refractivity contribution >= 4 is 56.9 Å². The summed E-state index contributed by atoms with van der Waals surface area (Å²) in [6.07, 6.45) is 2.43. The van der Waals surface area contributed by atoms with Gasteiger partial charge in [0.25, 0.3) is 5.91 Å². The maximum absolute atomic E-state index is 13.8. The second kappa shape index (κ2) is 15.6. The lowest BCUT2D eigenvalue weighted by molar-refractivity contribution is -0.141. The minimum Gasteiger partial charge on any atom is -0.588 e. The van der Waals surface area contributed by atoms with Crippen molar-refractivity contribution < 1.29 is 18.9 Å². The molecule has 12 nitrogen and oxygen atoms in total. The summed E-state index contributed by atoms with van der Waals surface area (Å²) in [4.78, 5) is 38.3. The number of benzene rings is 4. The Morgan fingerprint density at radius 2 is 1.77 bits per heavy atom. The molecule has 2 aliphatic rings. The number of anilines is 1. The monoisotopic (exact) mass is 832 g/mol. The van der Waals surface area contributed by atoms with Crippen LogP contribution >= 0.6 is 11.3 Å². The molecule has 2 atom stereocenters. The fourth-order valence-corrected chi connectivity index (χ4v) is 10.2. The van der Waals surface area contributed by atoms with Crippen LogP contribution in [0.25, 0.3) is 27.0 Å². The van der Waals surface area contributed by atoms with E-state index in [1.165, 1.54) is 12.0 Å². The lowest BCUT2D eigenvalue weighted by atomic mass is 9.92. The van der Waals surface area contributed by atoms with Crippen LogP contribution in [0, 0.1) is 39.0 Å². The Bertz CT molecular complexity index is 2920. The number of amides is 1. The van der Waals surface area contributed by atoms with Crippen molar-refractivity contribution in [2.45, 2.75) is 58.0 Å². The standard InChI is InChI=1S/C46H40N8O4S2/c1-25-6-17-37(43-40(25)34(22-47)23-48-43)52-60(57)35-14-7-29(8-15-35)24-53-19-18-33-20-32(13-16-36(33)45(53)56)30-9-11-31(12-10-30)42-41-26(2)27(3)59-46(41)54-28(4)50-51-44(54)38(49-42)21-39(55)58-5/h6-17,20,23,38,48,52H,18-19,21,24H2,1-5H3/t38-,60?/m0/s1. The van der Waals surface area contributed by atoms with E-state index >= 15 is 0 Å². The molecule has 2 aliphatic heterocycles. The van der Waals surface area contributed by atoms with Crippen molar-refractivity contribution in [3.8, 4) is 22.2 Å². The molecule has 0 bridgehead atoms. The summed E-state index contributed by atoms with van der Waals surface area (Å²) in [6.45, 7) is 9.07. The van der Waals surface area contributed by atoms with E-state index in [4.69, 9.17) is 9.73 Å². The van der Waals surface area contributed by atoms with Crippen molar-refractivity contribution in [3.63, 3.8) is 0 Å². The third-order valence-electron chi connectivity index (χ3n) is 11.5. The summed E-state index contributed by atoms with van der Waals surface area (Å²) in [5, 5.41) is 20.1. The summed E-state index contributed by atoms with van der Waals surface area (Å²) < 4.78 is 23.5. The maximum atomic E-state index is 13.8. The van der Waals surface area contributed by atoms with Gasteiger partial charge in [-0.1, -0.05) is 54.6 Å². The van der Waals surface area contributed by atoms with Crippen LogP contribution in [0.15, 0.2) is 94.9 Å². The minimum atomic E-state index is -1.54. The molecule has 3 aromatic heterocycles. The number of nitrogens with zero attached hydrogens (tertiary/aromatic N) is 6. The van der Waals surface area contributed by atoms with Gasteiger partial charge < -0.3 is 19.2 Å². The van der Waals surface area contributed by atoms with Crippen LogP contribution in [0.1, 0.15) is 78.3 Å². The number of aromatic nitrogens is 4. The van der Waals surface area contributed by atoms with Gasteiger partial charge >= 0.3 is 5.97 Å². The molecule has 0 spiro atoms. The Morgan fingerprint density at radius 1 is 1.02 bits per heavy atom. The summed E-state index contributed by atoms with van der Waals surface area (Å²) >= 11 is 0.125. The van der Waals surface area contributed by atoms with Crippen LogP contribution in [0.4, 0.5) is 5.69 Å². The normalized spacial score (nSPS) is 15.1. The minimum absolute atomic E-state index is 0.0194. The molecule has 5 heterocycles. The number of fused-ring (bicyclic) bond motifs is 5. The zero-order valence-electron chi connectivity index (χ0n) is 33.6. The number of aliphatic imine (C=N–C) groups is 1. The van der Waals surface area contributed by atoms with Gasteiger partial charge in [0.15, 0.2) is 10.7 Å². The van der Waals surface area contributed by atoms with Gasteiger partial charge in [0.05, 0.1) is 30.3 Å². The van der Waals surface area contributed by atoms with Crippen molar-refractivity contribution in [2.75, 3.05) is 18.4 Å². The van der Waals surface area contributed by atoms with E-state index in [1.807, 2.05) is 71.8 Å². The molecule has 0 radical (unpaired) electrons. The van der Waals surface area contributed by atoms with E-state index in [0.29, 0.717) is 40.6 Å². The summed E-state index contributed by atoms with van der Waals surface area (Å²) in [5.74, 6) is 0.957. The molecule has 300 valence electrons. The molecule has 0 saturated carbocycles. The van der Waals surface area contributed by atoms with Gasteiger partial charge in [0.2, 0.25) is 0 Å². The molecule has 60 heavy (non-hydrogen) atoms. The van der Waals surface area contributed by atoms with Gasteiger partial charge in [-0.2, -0.15) is 5.26 Å². The number of thiophene rings is 1. The Kier molecular flexibility index (Phi) is 10.1. The van der Waals surface area contributed by atoms with E-state index in [1.54, 1.807) is 17.5 Å². The SMILES string of the molecule is COC(=O)C[C@@H]1N=C(c2ccc(-c3ccc4c(c3)CCN(Cc3ccc([S+]([O-])Nc5ccc(C)c6c(C#N)c[nH]c56)cc3)C4=O)cc2)c2c(sc(C)c2C)-n2c(C)nnc21. The predicted molar refractivity (Wildman–Crippen MR) is 233 cm³/mol. The fraction of sp³-hybridized carbons (Fsp3) is 0.217. The van der Waals surface area contributed by atoms with Crippen LogP contribution in [0.2, 0.25) is 0 Å². The number of aromatic amines is 1. The van der Waals surface area contributed by atoms with E-state index in [-0.39, 0.29) is 18.3 Å². The number of nitrogens with one attached hydrogen (secondary N) is 2. The maximum Gasteiger partial charge on any atom is 0.308 e. The van der Waals surface area contributed by atoms with E-state index in [2.05, 4.69) is 70.2 Å². The number of carbonyl (C=O) groups is 2. The lowest BCUT2D eigenvalue weighted by Crippen LogP contribution is -2.37. The molecule has 2 N–H and O–H groups in total. The van der Waals surface area contributed by atoms with Crippen molar-refractivity contribution in [3.05, 3.63) is 146 Å². The molecule has 0 saturated heterocycles. The second-order valence-corrected chi connectivity index (χ2v) is 17.5. The first kappa shape index (κ1) is 39.0. The van der Waals surface area contributed by atoms with Gasteiger partial charge in [-0.25, -0.2) is 4.72 Å². The van der Waals surface area contributed by atoms with Crippen LogP contribution in [-0.2, 0) is 33.9 Å². The molecule has 4 aromatic carbocycles. The summed E-state index contributed by atoms with van der Waals surface area (Å²) in [7, 11) is 1.38. The predicted octanol–water partition coefficient (Wildman–Crippen LogP) is 8.37. The number of nitriles is 1. The van der Waals surface area contributed by atoms with Gasteiger partial charge in [-0.3, -0.25) is 19.1 Å². The Morgan fingerprint density at radius 3 is 2.52 bits per heavy atom. The number of esters is 1. The Labute approximate surface area is 353 Å². The number of hydrogen-bond donors (Lipinski definition) is 2. The molecule has 1 amide bonds. The first-order chi connectivity index (χ1) is 29.0. The topological polar surface area (TPSA) is 164 Å². The Hall–Kier alpha value is -6.53. The molecule has 0 fully saturated rings. The average Bonchev–Trinajstić information content (AvgIpc) is 3.94. The van der Waals surface area contributed by atoms with Crippen LogP contribution in [-0.4, -0.2) is 60.4 Å². The highest BCUT2D eigenvalue weighted by Gasteiger charge is 2.33. The number of H-pyrrole nitrogens is 1. The average molecular weight is 833 g/mol. The zero-order chi connectivity index (χ0) is 41.8. The summed E-state index contributed by atoms with van der Waals surface area (Å²) in [5.41, 5.74) is 11.4. The van der Waals surface area contributed by atoms with Crippen molar-refractivity contribution in [1.82, 2.24) is 24.6 Å². The highest BCUT2D eigenvalue weighted by molar-refractivity contribution is 7.92. The molecule has 0 aliphatic carbocycles. The first-order valence-electron chi connectivity index (χ1n) is 19.5. The van der Waals surface area contributed by atoms with E-state index in [9.17, 15) is 19.4 Å². The van der Waals surface area contributed by atoms with Crippen LogP contribution < -0.4 is 4.72 Å². The number of ether oxygens (including phenoxy) is 1. The number of hydrogen-bond acceptors (Lipinski definition) is 10. The van der Waals surface area contributed by atoms with Gasteiger partial charge in [0.1, 0.15) is 40.0 Å². The number of carbonyl (C=O) groups excluding carboxylic acids is 2. The third-order valence-corrected chi connectivity index (χ3v) is 13.8. The fourth-order valence-electron chi connectivity index (χ4n) is 8.14. The highest BCUT2D eigenvalue weighted by atomic mass is 32.2. The number of aryl methyl sites for hydroxylation is 3. The molecule has 14 heteroatoms. The van der Waals surface area contributed by atoms with E-state index < -0.39 is 17.4 Å².